The normalized spacial score (nSPS) is 10.8. The van der Waals surface area contributed by atoms with Gasteiger partial charge in [0.2, 0.25) is 0 Å². The number of phenolic OH excluding ortho intramolecular Hbond substituents is 1. The molecule has 74 valence electrons. The van der Waals surface area contributed by atoms with Crippen LogP contribution in [0.3, 0.4) is 0 Å². The van der Waals surface area contributed by atoms with Gasteiger partial charge < -0.3 is 5.11 Å². The van der Waals surface area contributed by atoms with Gasteiger partial charge in [-0.15, -0.1) is 0 Å². The van der Waals surface area contributed by atoms with Gasteiger partial charge in [0.25, 0.3) is 0 Å². The Bertz CT molecular complexity index is 371. The highest BCUT2D eigenvalue weighted by Gasteiger charge is 2.06. The summed E-state index contributed by atoms with van der Waals surface area (Å²) in [5.74, 6) is 0.210. The highest BCUT2D eigenvalue weighted by molar-refractivity contribution is 9.11. The molecular formula is C11H10Br2O. The first-order chi connectivity index (χ1) is 6.56. The summed E-state index contributed by atoms with van der Waals surface area (Å²) >= 11 is 6.54. The topological polar surface area (TPSA) is 20.2 Å². The second-order valence-electron chi connectivity index (χ2n) is 2.81. The molecule has 14 heavy (non-hydrogen) atoms. The maximum atomic E-state index is 9.50. The maximum Gasteiger partial charge on any atom is 0.143 e. The lowest BCUT2D eigenvalue weighted by Crippen LogP contribution is -1.81. The molecule has 0 aliphatic heterocycles. The van der Waals surface area contributed by atoms with Crippen molar-refractivity contribution in [1.82, 2.24) is 0 Å². The second kappa shape index (κ2) is 4.80. The maximum absolute atomic E-state index is 9.50. The third kappa shape index (κ3) is 2.49. The number of allylic oxidation sites excluding steroid dienone is 3. The zero-order valence-electron chi connectivity index (χ0n) is 7.72. The van der Waals surface area contributed by atoms with E-state index in [1.807, 2.05) is 31.2 Å². The van der Waals surface area contributed by atoms with E-state index in [9.17, 15) is 5.11 Å². The molecule has 1 N–H and O–H groups in total. The predicted octanol–water partition coefficient (Wildman–Crippen LogP) is 4.51. The van der Waals surface area contributed by atoms with Crippen LogP contribution in [0.4, 0.5) is 0 Å². The van der Waals surface area contributed by atoms with E-state index in [-0.39, 0.29) is 5.75 Å². The minimum absolute atomic E-state index is 0.210. The average molecular weight is 318 g/mol. The third-order valence-corrected chi connectivity index (χ3v) is 2.96. The van der Waals surface area contributed by atoms with Gasteiger partial charge in [0.1, 0.15) is 5.75 Å². The van der Waals surface area contributed by atoms with Gasteiger partial charge in [-0.1, -0.05) is 18.7 Å². The van der Waals surface area contributed by atoms with E-state index in [4.69, 9.17) is 0 Å². The first kappa shape index (κ1) is 11.5. The van der Waals surface area contributed by atoms with Crippen LogP contribution in [0.5, 0.6) is 5.75 Å². The quantitative estimate of drug-likeness (QED) is 0.796. The van der Waals surface area contributed by atoms with Crippen molar-refractivity contribution in [3.63, 3.8) is 0 Å². The average Bonchev–Trinajstić information content (AvgIpc) is 2.13. The van der Waals surface area contributed by atoms with Crippen molar-refractivity contribution in [2.45, 2.75) is 6.92 Å². The Balaban J connectivity index is 3.19. The van der Waals surface area contributed by atoms with Gasteiger partial charge in [-0.05, 0) is 62.1 Å². The standard InChI is InChI=1S/C11H10Br2O/c1-3-4-7(2)8-5-9(12)11(14)10(13)6-8/h3-6,14H,2H2,1H3/b4-3-. The van der Waals surface area contributed by atoms with Gasteiger partial charge in [-0.25, -0.2) is 0 Å². The van der Waals surface area contributed by atoms with Crippen LogP contribution >= 0.6 is 31.9 Å². The molecule has 1 rings (SSSR count). The van der Waals surface area contributed by atoms with Crippen LogP contribution in [-0.4, -0.2) is 5.11 Å². The van der Waals surface area contributed by atoms with E-state index in [0.29, 0.717) is 8.95 Å². The highest BCUT2D eigenvalue weighted by Crippen LogP contribution is 2.35. The van der Waals surface area contributed by atoms with Crippen molar-refractivity contribution < 1.29 is 5.11 Å². The zero-order valence-corrected chi connectivity index (χ0v) is 10.9. The Morgan fingerprint density at radius 1 is 1.36 bits per heavy atom. The predicted molar refractivity (Wildman–Crippen MR) is 67.4 cm³/mol. The number of aromatic hydroxyl groups is 1. The van der Waals surface area contributed by atoms with Crippen LogP contribution in [0.25, 0.3) is 5.57 Å². The molecule has 3 heteroatoms. The Labute approximate surface area is 100 Å². The highest BCUT2D eigenvalue weighted by atomic mass is 79.9. The van der Waals surface area contributed by atoms with Crippen LogP contribution < -0.4 is 0 Å². The largest absolute Gasteiger partial charge is 0.506 e. The molecule has 0 aromatic heterocycles. The first-order valence-electron chi connectivity index (χ1n) is 4.06. The summed E-state index contributed by atoms with van der Waals surface area (Å²) in [6, 6.07) is 3.67. The number of phenols is 1. The summed E-state index contributed by atoms with van der Waals surface area (Å²) in [5.41, 5.74) is 1.88. The first-order valence-corrected chi connectivity index (χ1v) is 5.65. The van der Waals surface area contributed by atoms with Crippen molar-refractivity contribution in [3.8, 4) is 5.75 Å². The molecule has 0 atom stereocenters. The molecule has 0 fully saturated rings. The molecule has 1 aromatic rings. The molecule has 0 spiro atoms. The molecule has 0 saturated heterocycles. The van der Waals surface area contributed by atoms with Gasteiger partial charge in [-0.3, -0.25) is 0 Å². The van der Waals surface area contributed by atoms with E-state index in [1.54, 1.807) is 0 Å². The minimum Gasteiger partial charge on any atom is -0.506 e. The van der Waals surface area contributed by atoms with E-state index < -0.39 is 0 Å². The van der Waals surface area contributed by atoms with Gasteiger partial charge >= 0.3 is 0 Å². The number of benzene rings is 1. The van der Waals surface area contributed by atoms with Gasteiger partial charge in [0.05, 0.1) is 8.95 Å². The number of hydrogen-bond donors (Lipinski definition) is 1. The number of rotatable bonds is 2. The molecule has 1 aromatic carbocycles. The third-order valence-electron chi connectivity index (χ3n) is 1.76. The second-order valence-corrected chi connectivity index (χ2v) is 4.52. The lowest BCUT2D eigenvalue weighted by molar-refractivity contribution is 0.468. The molecule has 0 heterocycles. The minimum atomic E-state index is 0.210. The van der Waals surface area contributed by atoms with Crippen LogP contribution in [0.1, 0.15) is 12.5 Å². The van der Waals surface area contributed by atoms with Gasteiger partial charge in [-0.2, -0.15) is 0 Å². The summed E-state index contributed by atoms with van der Waals surface area (Å²) in [5, 5.41) is 9.50. The molecule has 0 bridgehead atoms. The van der Waals surface area contributed by atoms with Crippen LogP contribution in [0, 0.1) is 0 Å². The van der Waals surface area contributed by atoms with Crippen LogP contribution in [0.15, 0.2) is 39.8 Å². The molecule has 0 radical (unpaired) electrons. The SMILES string of the molecule is C=C(/C=C\C)c1cc(Br)c(O)c(Br)c1. The Kier molecular flexibility index (Phi) is 3.96. The Morgan fingerprint density at radius 3 is 2.29 bits per heavy atom. The smallest absolute Gasteiger partial charge is 0.143 e. The summed E-state index contributed by atoms with van der Waals surface area (Å²) in [6.45, 7) is 5.86. The molecule has 0 aliphatic carbocycles. The van der Waals surface area contributed by atoms with Gasteiger partial charge in [0.15, 0.2) is 0 Å². The van der Waals surface area contributed by atoms with Crippen molar-refractivity contribution in [3.05, 3.63) is 45.4 Å². The van der Waals surface area contributed by atoms with Crippen molar-refractivity contribution >= 4 is 37.4 Å². The molecule has 0 aliphatic rings. The van der Waals surface area contributed by atoms with Crippen molar-refractivity contribution in [2.24, 2.45) is 0 Å². The number of halogens is 2. The lowest BCUT2D eigenvalue weighted by atomic mass is 10.1. The fourth-order valence-electron chi connectivity index (χ4n) is 1.05. The fraction of sp³-hybridized carbons (Fsp3) is 0.0909. The molecule has 0 saturated carbocycles. The van der Waals surface area contributed by atoms with Crippen LogP contribution in [-0.2, 0) is 0 Å². The summed E-state index contributed by atoms with van der Waals surface area (Å²) < 4.78 is 1.32. The molecule has 0 amide bonds. The monoisotopic (exact) mass is 316 g/mol. The fourth-order valence-corrected chi connectivity index (χ4v) is 2.23. The lowest BCUT2D eigenvalue weighted by Gasteiger charge is -2.05. The van der Waals surface area contributed by atoms with E-state index >= 15 is 0 Å². The Hall–Kier alpha value is -0.540. The summed E-state index contributed by atoms with van der Waals surface area (Å²) in [7, 11) is 0. The summed E-state index contributed by atoms with van der Waals surface area (Å²) in [4.78, 5) is 0. The van der Waals surface area contributed by atoms with Crippen molar-refractivity contribution in [2.75, 3.05) is 0 Å². The molecular weight excluding hydrogens is 308 g/mol. The van der Waals surface area contributed by atoms with E-state index in [0.717, 1.165) is 11.1 Å². The van der Waals surface area contributed by atoms with Crippen LogP contribution in [0.2, 0.25) is 0 Å². The van der Waals surface area contributed by atoms with Crippen molar-refractivity contribution in [1.29, 1.82) is 0 Å². The van der Waals surface area contributed by atoms with E-state index in [1.165, 1.54) is 0 Å². The molecule has 0 unspecified atom stereocenters. The number of hydrogen-bond acceptors (Lipinski definition) is 1. The van der Waals surface area contributed by atoms with Gasteiger partial charge in [0, 0.05) is 0 Å². The summed E-state index contributed by atoms with van der Waals surface area (Å²) in [6.07, 6.45) is 3.85. The molecule has 1 nitrogen and oxygen atoms in total. The zero-order chi connectivity index (χ0) is 10.7. The van der Waals surface area contributed by atoms with E-state index in [2.05, 4.69) is 38.4 Å². The Morgan fingerprint density at radius 2 is 1.86 bits per heavy atom.